The number of ether oxygens (including phenoxy) is 3. The maximum atomic E-state index is 12.5. The van der Waals surface area contributed by atoms with E-state index in [0.29, 0.717) is 0 Å². The molecular formula is C18H26O9. The lowest BCUT2D eigenvalue weighted by molar-refractivity contribution is -0.326. The Morgan fingerprint density at radius 3 is 1.56 bits per heavy atom. The highest BCUT2D eigenvalue weighted by Crippen LogP contribution is 2.26. The summed E-state index contributed by atoms with van der Waals surface area (Å²) < 4.78 is 15.2. The maximum Gasteiger partial charge on any atom is 0.423 e. The summed E-state index contributed by atoms with van der Waals surface area (Å²) in [6.07, 6.45) is -0.519. The lowest BCUT2D eigenvalue weighted by Crippen LogP contribution is -2.44. The Morgan fingerprint density at radius 2 is 1.26 bits per heavy atom. The predicted molar refractivity (Wildman–Crippen MR) is 93.8 cm³/mol. The van der Waals surface area contributed by atoms with E-state index in [1.54, 1.807) is 0 Å². The Hall–Kier alpha value is -2.49. The summed E-state index contributed by atoms with van der Waals surface area (Å²) in [5.74, 6) is -5.51. The van der Waals surface area contributed by atoms with Gasteiger partial charge in [0.2, 0.25) is 0 Å². The van der Waals surface area contributed by atoms with Crippen LogP contribution in [0.5, 0.6) is 0 Å². The number of carbonyl (C=O) groups is 3. The summed E-state index contributed by atoms with van der Waals surface area (Å²) in [5.41, 5.74) is -0.407. The lowest BCUT2D eigenvalue weighted by atomic mass is 10.1. The highest BCUT2D eigenvalue weighted by Gasteiger charge is 2.43. The largest absolute Gasteiger partial charge is 0.423 e. The van der Waals surface area contributed by atoms with Crippen LogP contribution in [0.2, 0.25) is 0 Å². The molecule has 0 saturated carbocycles. The van der Waals surface area contributed by atoms with Crippen LogP contribution >= 0.6 is 0 Å². The van der Waals surface area contributed by atoms with Gasteiger partial charge in [0.15, 0.2) is 0 Å². The molecule has 0 heterocycles. The molecule has 0 bridgehead atoms. The molecule has 0 radical (unpaired) electrons. The summed E-state index contributed by atoms with van der Waals surface area (Å²) in [6.45, 7) is 9.11. The second-order valence-corrected chi connectivity index (χ2v) is 5.64. The van der Waals surface area contributed by atoms with Crippen molar-refractivity contribution in [3.05, 3.63) is 35.5 Å². The van der Waals surface area contributed by atoms with Crippen molar-refractivity contribution in [3.63, 3.8) is 0 Å². The van der Waals surface area contributed by atoms with E-state index in [1.165, 1.54) is 20.8 Å². The summed E-state index contributed by atoms with van der Waals surface area (Å²) in [5, 5.41) is 27.6. The number of hydrogen-bond acceptors (Lipinski definition) is 9. The molecule has 9 heteroatoms. The van der Waals surface area contributed by atoms with E-state index in [-0.39, 0.29) is 35.1 Å². The third kappa shape index (κ3) is 7.33. The fraction of sp³-hybridized carbons (Fsp3) is 0.500. The van der Waals surface area contributed by atoms with Crippen molar-refractivity contribution in [1.82, 2.24) is 0 Å². The molecule has 9 nitrogen and oxygen atoms in total. The van der Waals surface area contributed by atoms with Gasteiger partial charge in [-0.1, -0.05) is 20.1 Å². The fourth-order valence-electron chi connectivity index (χ4n) is 1.71. The number of esters is 3. The SMILES string of the molecule is C=C(C)C(=O)OC(CC)(OC(=O)C(=C)C)OC(=O)C(CCO)=C(CO)CO. The third-order valence-electron chi connectivity index (χ3n) is 3.29. The Morgan fingerprint density at radius 1 is 0.852 bits per heavy atom. The normalized spacial score (nSPS) is 10.6. The molecule has 0 aromatic rings. The molecule has 0 aromatic carbocycles. The van der Waals surface area contributed by atoms with Gasteiger partial charge in [-0.15, -0.1) is 0 Å². The Bertz CT molecular complexity index is 597. The van der Waals surface area contributed by atoms with Gasteiger partial charge in [-0.25, -0.2) is 14.4 Å². The number of aliphatic hydroxyl groups excluding tert-OH is 3. The molecule has 27 heavy (non-hydrogen) atoms. The molecule has 0 spiro atoms. The van der Waals surface area contributed by atoms with Crippen molar-refractivity contribution >= 4 is 17.9 Å². The monoisotopic (exact) mass is 386 g/mol. The van der Waals surface area contributed by atoms with Crippen LogP contribution in [0.15, 0.2) is 35.5 Å². The van der Waals surface area contributed by atoms with Crippen LogP contribution in [0.25, 0.3) is 0 Å². The minimum Gasteiger partial charge on any atom is -0.396 e. The van der Waals surface area contributed by atoms with Gasteiger partial charge in [-0.3, -0.25) is 0 Å². The van der Waals surface area contributed by atoms with E-state index in [4.69, 9.17) is 19.3 Å². The van der Waals surface area contributed by atoms with Gasteiger partial charge < -0.3 is 29.5 Å². The van der Waals surface area contributed by atoms with E-state index in [9.17, 15) is 24.6 Å². The van der Waals surface area contributed by atoms with Gasteiger partial charge in [0.25, 0.3) is 0 Å². The molecule has 0 unspecified atom stereocenters. The van der Waals surface area contributed by atoms with Crippen LogP contribution in [-0.4, -0.2) is 59.0 Å². The van der Waals surface area contributed by atoms with Gasteiger partial charge in [-0.05, 0) is 19.4 Å². The predicted octanol–water partition coefficient (Wildman–Crippen LogP) is 0.496. The van der Waals surface area contributed by atoms with E-state index >= 15 is 0 Å². The van der Waals surface area contributed by atoms with E-state index in [0.717, 1.165) is 0 Å². The van der Waals surface area contributed by atoms with Crippen LogP contribution < -0.4 is 0 Å². The molecule has 0 saturated heterocycles. The first-order valence-electron chi connectivity index (χ1n) is 8.11. The molecule has 152 valence electrons. The molecule has 3 N–H and O–H groups in total. The molecule has 0 aliphatic heterocycles. The third-order valence-corrected chi connectivity index (χ3v) is 3.29. The number of hydrogen-bond donors (Lipinski definition) is 3. The average molecular weight is 386 g/mol. The zero-order valence-electron chi connectivity index (χ0n) is 15.7. The summed E-state index contributed by atoms with van der Waals surface area (Å²) in [7, 11) is 0. The van der Waals surface area contributed by atoms with Crippen molar-refractivity contribution in [1.29, 1.82) is 0 Å². The minimum atomic E-state index is -2.42. The second kappa shape index (κ2) is 11.3. The standard InChI is InChI=1S/C18H26O9/c1-6-18(25-15(22)11(2)3,26-16(23)12(4)5)27-17(24)14(7-8-19)13(9-20)10-21/h19-21H,2,4,6-10H2,1,3,5H3. The number of carbonyl (C=O) groups excluding carboxylic acids is 3. The maximum absolute atomic E-state index is 12.5. The van der Waals surface area contributed by atoms with Crippen molar-refractivity contribution < 1.29 is 43.9 Å². The minimum absolute atomic E-state index is 0.0345. The van der Waals surface area contributed by atoms with Gasteiger partial charge in [0, 0.05) is 29.7 Å². The van der Waals surface area contributed by atoms with Crippen molar-refractivity contribution in [2.75, 3.05) is 19.8 Å². The summed E-state index contributed by atoms with van der Waals surface area (Å²) >= 11 is 0. The number of rotatable bonds is 11. The van der Waals surface area contributed by atoms with Crippen molar-refractivity contribution in [3.8, 4) is 0 Å². The zero-order chi connectivity index (χ0) is 21.2. The molecule has 0 rings (SSSR count). The highest BCUT2D eigenvalue weighted by molar-refractivity contribution is 5.91. The molecule has 0 aromatic heterocycles. The van der Waals surface area contributed by atoms with E-state index in [2.05, 4.69) is 13.2 Å². The van der Waals surface area contributed by atoms with Crippen molar-refractivity contribution in [2.24, 2.45) is 0 Å². The summed E-state index contributed by atoms with van der Waals surface area (Å²) in [6, 6.07) is 0. The molecule has 0 atom stereocenters. The molecular weight excluding hydrogens is 360 g/mol. The first kappa shape index (κ1) is 24.5. The highest BCUT2D eigenvalue weighted by atomic mass is 16.9. The fourth-order valence-corrected chi connectivity index (χ4v) is 1.71. The van der Waals surface area contributed by atoms with Gasteiger partial charge in [0.05, 0.1) is 19.6 Å². The van der Waals surface area contributed by atoms with Crippen LogP contribution in [0.4, 0.5) is 0 Å². The van der Waals surface area contributed by atoms with Crippen molar-refractivity contribution in [2.45, 2.75) is 39.6 Å². The first-order valence-corrected chi connectivity index (χ1v) is 8.11. The summed E-state index contributed by atoms with van der Waals surface area (Å²) in [4.78, 5) is 36.4. The second-order valence-electron chi connectivity index (χ2n) is 5.64. The Balaban J connectivity index is 5.97. The molecule has 0 aliphatic carbocycles. The Kier molecular flexibility index (Phi) is 10.2. The van der Waals surface area contributed by atoms with Crippen LogP contribution in [0.1, 0.15) is 33.6 Å². The smallest absolute Gasteiger partial charge is 0.396 e. The average Bonchev–Trinajstić information content (AvgIpc) is 2.61. The molecule has 0 aliphatic rings. The van der Waals surface area contributed by atoms with Crippen LogP contribution in [0.3, 0.4) is 0 Å². The van der Waals surface area contributed by atoms with E-state index < -0.39 is 43.7 Å². The van der Waals surface area contributed by atoms with Gasteiger partial charge in [-0.2, -0.15) is 0 Å². The molecule has 0 amide bonds. The number of aliphatic hydroxyl groups is 3. The van der Waals surface area contributed by atoms with Gasteiger partial charge >= 0.3 is 23.9 Å². The lowest BCUT2D eigenvalue weighted by Gasteiger charge is -2.31. The zero-order valence-corrected chi connectivity index (χ0v) is 15.7. The first-order chi connectivity index (χ1) is 12.6. The van der Waals surface area contributed by atoms with Crippen LogP contribution in [0, 0.1) is 0 Å². The topological polar surface area (TPSA) is 140 Å². The van der Waals surface area contributed by atoms with E-state index in [1.807, 2.05) is 0 Å². The van der Waals surface area contributed by atoms with Crippen LogP contribution in [-0.2, 0) is 28.6 Å². The Labute approximate surface area is 157 Å². The quantitative estimate of drug-likeness (QED) is 0.263. The van der Waals surface area contributed by atoms with Gasteiger partial charge in [0.1, 0.15) is 0 Å². The molecule has 0 fully saturated rings.